The minimum Gasteiger partial charge on any atom is -0.476 e. The van der Waals surface area contributed by atoms with Crippen LogP contribution in [0.1, 0.15) is 35.8 Å². The highest BCUT2D eigenvalue weighted by Gasteiger charge is 2.21. The first-order valence-electron chi connectivity index (χ1n) is 7.27. The number of carbonyl (C=O) groups is 1. The molecule has 1 aromatic carbocycles. The van der Waals surface area contributed by atoms with E-state index in [9.17, 15) is 9.90 Å². The van der Waals surface area contributed by atoms with Crippen LogP contribution >= 0.6 is 0 Å². The molecule has 0 fully saturated rings. The predicted molar refractivity (Wildman–Crippen MR) is 85.6 cm³/mol. The highest BCUT2D eigenvalue weighted by atomic mass is 16.4. The fourth-order valence-corrected chi connectivity index (χ4v) is 2.37. The molecule has 0 unspecified atom stereocenters. The molecule has 0 saturated heterocycles. The summed E-state index contributed by atoms with van der Waals surface area (Å²) < 4.78 is 1.53. The average molecular weight is 308 g/mol. The number of carboxylic acids is 1. The van der Waals surface area contributed by atoms with E-state index in [1.54, 1.807) is 24.5 Å². The third-order valence-electron chi connectivity index (χ3n) is 3.61. The van der Waals surface area contributed by atoms with E-state index in [0.717, 1.165) is 5.69 Å². The first-order chi connectivity index (χ1) is 11.1. The zero-order chi connectivity index (χ0) is 16.4. The van der Waals surface area contributed by atoms with Gasteiger partial charge in [-0.15, -0.1) is 5.10 Å². The quantitative estimate of drug-likeness (QED) is 0.800. The molecular weight excluding hydrogens is 292 g/mol. The molecule has 0 amide bonds. The van der Waals surface area contributed by atoms with Gasteiger partial charge in [-0.3, -0.25) is 4.98 Å². The van der Waals surface area contributed by atoms with Gasteiger partial charge in [-0.25, -0.2) is 9.48 Å². The van der Waals surface area contributed by atoms with E-state index in [-0.39, 0.29) is 5.69 Å². The molecule has 3 aromatic rings. The number of aromatic nitrogens is 4. The Morgan fingerprint density at radius 1 is 1.17 bits per heavy atom. The smallest absolute Gasteiger partial charge is 0.358 e. The molecule has 2 heterocycles. The maximum Gasteiger partial charge on any atom is 0.358 e. The first kappa shape index (κ1) is 14.9. The first-order valence-corrected chi connectivity index (χ1v) is 7.27. The highest BCUT2D eigenvalue weighted by Crippen LogP contribution is 2.25. The highest BCUT2D eigenvalue weighted by molar-refractivity contribution is 5.92. The van der Waals surface area contributed by atoms with Crippen LogP contribution in [0.3, 0.4) is 0 Å². The third-order valence-corrected chi connectivity index (χ3v) is 3.61. The number of hydrogen-bond acceptors (Lipinski definition) is 4. The molecule has 6 nitrogen and oxygen atoms in total. The predicted octanol–water partition coefficient (Wildman–Crippen LogP) is 3.15. The largest absolute Gasteiger partial charge is 0.476 e. The van der Waals surface area contributed by atoms with Crippen LogP contribution in [0.2, 0.25) is 0 Å². The molecule has 0 spiro atoms. The minimum absolute atomic E-state index is 0.0917. The van der Waals surface area contributed by atoms with Crippen molar-refractivity contribution in [1.29, 1.82) is 0 Å². The second kappa shape index (κ2) is 6.00. The van der Waals surface area contributed by atoms with Crippen molar-refractivity contribution in [2.75, 3.05) is 0 Å². The fraction of sp³-hybridized carbons (Fsp3) is 0.176. The molecule has 0 bridgehead atoms. The minimum atomic E-state index is -1.12. The molecule has 116 valence electrons. The molecule has 2 aromatic heterocycles. The summed E-state index contributed by atoms with van der Waals surface area (Å²) in [5.41, 5.74) is 2.94. The van der Waals surface area contributed by atoms with Crippen molar-refractivity contribution in [2.45, 2.75) is 19.8 Å². The van der Waals surface area contributed by atoms with Gasteiger partial charge in [0.1, 0.15) is 5.69 Å². The second-order valence-electron chi connectivity index (χ2n) is 5.49. The van der Waals surface area contributed by atoms with Crippen LogP contribution < -0.4 is 0 Å². The van der Waals surface area contributed by atoms with Crippen LogP contribution in [0.15, 0.2) is 48.8 Å². The zero-order valence-corrected chi connectivity index (χ0v) is 12.8. The van der Waals surface area contributed by atoms with Gasteiger partial charge < -0.3 is 5.11 Å². The molecule has 0 saturated carbocycles. The van der Waals surface area contributed by atoms with Gasteiger partial charge in [-0.05, 0) is 35.7 Å². The number of carboxylic acid groups (broad SMARTS) is 1. The Balaban J connectivity index is 2.15. The third kappa shape index (κ3) is 2.83. The molecule has 23 heavy (non-hydrogen) atoms. The summed E-state index contributed by atoms with van der Waals surface area (Å²) in [7, 11) is 0. The maximum atomic E-state index is 11.4. The van der Waals surface area contributed by atoms with Crippen LogP contribution in [0, 0.1) is 0 Å². The molecule has 0 radical (unpaired) electrons. The summed E-state index contributed by atoms with van der Waals surface area (Å²) in [6.07, 6.45) is 3.24. The van der Waals surface area contributed by atoms with Gasteiger partial charge in [0.25, 0.3) is 0 Å². The molecule has 0 aliphatic heterocycles. The number of pyridine rings is 1. The van der Waals surface area contributed by atoms with Gasteiger partial charge >= 0.3 is 5.97 Å². The topological polar surface area (TPSA) is 80.9 Å². The summed E-state index contributed by atoms with van der Waals surface area (Å²) in [6.45, 7) is 4.24. The molecule has 6 heteroatoms. The molecule has 0 aliphatic carbocycles. The van der Waals surface area contributed by atoms with E-state index in [1.165, 1.54) is 10.2 Å². The Morgan fingerprint density at radius 2 is 1.91 bits per heavy atom. The summed E-state index contributed by atoms with van der Waals surface area (Å²) >= 11 is 0. The molecule has 3 rings (SSSR count). The fourth-order valence-electron chi connectivity index (χ4n) is 2.37. The van der Waals surface area contributed by atoms with Crippen molar-refractivity contribution in [3.63, 3.8) is 0 Å². The molecular formula is C17H16N4O2. The Kier molecular flexibility index (Phi) is 3.89. The van der Waals surface area contributed by atoms with Gasteiger partial charge in [0.15, 0.2) is 5.69 Å². The lowest BCUT2D eigenvalue weighted by molar-refractivity contribution is 0.0691. The van der Waals surface area contributed by atoms with Crippen molar-refractivity contribution in [3.05, 3.63) is 60.0 Å². The van der Waals surface area contributed by atoms with Crippen molar-refractivity contribution in [2.24, 2.45) is 0 Å². The van der Waals surface area contributed by atoms with Crippen LogP contribution in [0.5, 0.6) is 0 Å². The maximum absolute atomic E-state index is 11.4. The van der Waals surface area contributed by atoms with Crippen molar-refractivity contribution in [3.8, 4) is 16.9 Å². The summed E-state index contributed by atoms with van der Waals surface area (Å²) in [5, 5.41) is 17.2. The lowest BCUT2D eigenvalue weighted by Crippen LogP contribution is -2.03. The Labute approximate surface area is 133 Å². The molecule has 0 aliphatic rings. The summed E-state index contributed by atoms with van der Waals surface area (Å²) in [4.78, 5) is 15.5. The number of nitrogens with zero attached hydrogens (tertiary/aromatic N) is 4. The van der Waals surface area contributed by atoms with Gasteiger partial charge in [0, 0.05) is 18.0 Å². The Morgan fingerprint density at radius 3 is 2.48 bits per heavy atom. The Hall–Kier alpha value is -3.02. The van der Waals surface area contributed by atoms with Crippen molar-refractivity contribution >= 4 is 5.97 Å². The van der Waals surface area contributed by atoms with Gasteiger partial charge in [-0.1, -0.05) is 31.2 Å². The SMILES string of the molecule is CC(C)c1ccc(-n2nnc(C(=O)O)c2-c2cccnc2)cc1. The van der Waals surface area contributed by atoms with E-state index in [2.05, 4.69) is 29.1 Å². The number of rotatable bonds is 4. The monoisotopic (exact) mass is 308 g/mol. The molecule has 0 atom stereocenters. The van der Waals surface area contributed by atoms with Crippen LogP contribution in [0.4, 0.5) is 0 Å². The normalized spacial score (nSPS) is 10.9. The summed E-state index contributed by atoms with van der Waals surface area (Å²) in [6, 6.07) is 11.4. The van der Waals surface area contributed by atoms with Gasteiger partial charge in [0.05, 0.1) is 5.69 Å². The zero-order valence-electron chi connectivity index (χ0n) is 12.8. The Bertz CT molecular complexity index is 824. The standard InChI is InChI=1S/C17H16N4O2/c1-11(2)12-5-7-14(8-6-12)21-16(13-4-3-9-18-10-13)15(17(22)23)19-20-21/h3-11H,1-2H3,(H,22,23). The summed E-state index contributed by atoms with van der Waals surface area (Å²) in [5.74, 6) is -0.693. The van der Waals surface area contributed by atoms with Gasteiger partial charge in [-0.2, -0.15) is 0 Å². The van der Waals surface area contributed by atoms with E-state index in [0.29, 0.717) is 17.2 Å². The van der Waals surface area contributed by atoms with E-state index < -0.39 is 5.97 Å². The van der Waals surface area contributed by atoms with Crippen LogP contribution in [-0.4, -0.2) is 31.1 Å². The second-order valence-corrected chi connectivity index (χ2v) is 5.49. The van der Waals surface area contributed by atoms with Gasteiger partial charge in [0.2, 0.25) is 0 Å². The lowest BCUT2D eigenvalue weighted by Gasteiger charge is -2.09. The number of benzene rings is 1. The van der Waals surface area contributed by atoms with Crippen molar-refractivity contribution in [1.82, 2.24) is 20.0 Å². The van der Waals surface area contributed by atoms with E-state index in [4.69, 9.17) is 0 Å². The number of aromatic carboxylic acids is 1. The number of hydrogen-bond donors (Lipinski definition) is 1. The molecule has 1 N–H and O–H groups in total. The van der Waals surface area contributed by atoms with E-state index in [1.807, 2.05) is 24.3 Å². The van der Waals surface area contributed by atoms with Crippen LogP contribution in [-0.2, 0) is 0 Å². The van der Waals surface area contributed by atoms with Crippen molar-refractivity contribution < 1.29 is 9.90 Å². The lowest BCUT2D eigenvalue weighted by atomic mass is 10.0. The van der Waals surface area contributed by atoms with Crippen LogP contribution in [0.25, 0.3) is 16.9 Å². The average Bonchev–Trinajstić information content (AvgIpc) is 3.01. The van der Waals surface area contributed by atoms with E-state index >= 15 is 0 Å².